The summed E-state index contributed by atoms with van der Waals surface area (Å²) in [5.41, 5.74) is 1.71. The first-order valence-corrected chi connectivity index (χ1v) is 13.2. The molecular weight excluding hydrogens is 525 g/mol. The van der Waals surface area contributed by atoms with Crippen molar-refractivity contribution in [3.63, 3.8) is 0 Å². The molecule has 1 amide bonds. The minimum atomic E-state index is -0.425. The quantitative estimate of drug-likeness (QED) is 0.124. The van der Waals surface area contributed by atoms with E-state index < -0.39 is 5.82 Å². The molecule has 2 heterocycles. The first kappa shape index (κ1) is 29.1. The molecule has 0 spiro atoms. The van der Waals surface area contributed by atoms with Gasteiger partial charge in [0.05, 0.1) is 25.7 Å². The van der Waals surface area contributed by atoms with Crippen molar-refractivity contribution in [3.8, 4) is 24.0 Å². The van der Waals surface area contributed by atoms with E-state index in [2.05, 4.69) is 57.6 Å². The molecular formula is C30H34FN7O3. The van der Waals surface area contributed by atoms with Crippen LogP contribution in [0.3, 0.4) is 0 Å². The van der Waals surface area contributed by atoms with Gasteiger partial charge < -0.3 is 25.0 Å². The maximum absolute atomic E-state index is 13.4. The molecule has 0 unspecified atom stereocenters. The SMILES string of the molecule is C#CN(CCCOc1cc2ncnc(Nc3cc(CC(=O)Nc4cccc(F)c4)[nH]n3)c2cc1OC)CC(C)(C)C. The molecule has 10 nitrogen and oxygen atoms in total. The van der Waals surface area contributed by atoms with Crippen LogP contribution in [0, 0.1) is 23.7 Å². The number of ether oxygens (including phenoxy) is 2. The zero-order valence-corrected chi connectivity index (χ0v) is 23.6. The van der Waals surface area contributed by atoms with Gasteiger partial charge in [0.2, 0.25) is 5.91 Å². The number of fused-ring (bicyclic) bond motifs is 1. The largest absolute Gasteiger partial charge is 0.493 e. The van der Waals surface area contributed by atoms with E-state index in [0.29, 0.717) is 52.0 Å². The lowest BCUT2D eigenvalue weighted by Crippen LogP contribution is -2.30. The molecule has 0 saturated heterocycles. The van der Waals surface area contributed by atoms with E-state index in [-0.39, 0.29) is 17.7 Å². The molecule has 2 aromatic heterocycles. The van der Waals surface area contributed by atoms with Gasteiger partial charge in [0, 0.05) is 48.0 Å². The normalized spacial score (nSPS) is 11.1. The van der Waals surface area contributed by atoms with Crippen molar-refractivity contribution < 1.29 is 18.7 Å². The molecule has 0 aliphatic carbocycles. The predicted octanol–water partition coefficient (Wildman–Crippen LogP) is 5.13. The zero-order valence-electron chi connectivity index (χ0n) is 23.6. The summed E-state index contributed by atoms with van der Waals surface area (Å²) in [7, 11) is 1.57. The summed E-state index contributed by atoms with van der Waals surface area (Å²) < 4.78 is 25.0. The van der Waals surface area contributed by atoms with Crippen LogP contribution in [-0.4, -0.2) is 57.8 Å². The number of methoxy groups -OCH3 is 1. The molecule has 214 valence electrons. The minimum Gasteiger partial charge on any atom is -0.493 e. The first-order valence-electron chi connectivity index (χ1n) is 13.2. The number of hydrogen-bond donors (Lipinski definition) is 3. The number of anilines is 3. The Kier molecular flexibility index (Phi) is 9.24. The van der Waals surface area contributed by atoms with Crippen molar-refractivity contribution in [1.82, 2.24) is 25.1 Å². The molecule has 4 rings (SSSR count). The number of nitrogens with one attached hydrogen (secondary N) is 3. The summed E-state index contributed by atoms with van der Waals surface area (Å²) >= 11 is 0. The molecule has 0 aliphatic heterocycles. The monoisotopic (exact) mass is 559 g/mol. The molecule has 0 radical (unpaired) electrons. The van der Waals surface area contributed by atoms with Crippen LogP contribution in [0.1, 0.15) is 32.9 Å². The summed E-state index contributed by atoms with van der Waals surface area (Å²) in [5, 5.41) is 13.6. The van der Waals surface area contributed by atoms with Crippen LogP contribution in [0.2, 0.25) is 0 Å². The van der Waals surface area contributed by atoms with E-state index >= 15 is 0 Å². The minimum absolute atomic E-state index is 0.0273. The van der Waals surface area contributed by atoms with Crippen molar-refractivity contribution in [1.29, 1.82) is 0 Å². The molecule has 0 atom stereocenters. The van der Waals surface area contributed by atoms with Gasteiger partial charge in [-0.2, -0.15) is 5.10 Å². The van der Waals surface area contributed by atoms with E-state index in [4.69, 9.17) is 15.9 Å². The first-order chi connectivity index (χ1) is 19.6. The van der Waals surface area contributed by atoms with Gasteiger partial charge in [-0.15, -0.1) is 0 Å². The molecule has 0 saturated carbocycles. The summed E-state index contributed by atoms with van der Waals surface area (Å²) in [5.74, 6) is 1.35. The number of terminal acetylenes is 1. The maximum Gasteiger partial charge on any atom is 0.230 e. The lowest BCUT2D eigenvalue weighted by molar-refractivity contribution is -0.115. The molecule has 41 heavy (non-hydrogen) atoms. The Hall–Kier alpha value is -4.85. The van der Waals surface area contributed by atoms with Crippen molar-refractivity contribution >= 4 is 34.1 Å². The Morgan fingerprint density at radius 1 is 1.17 bits per heavy atom. The number of benzene rings is 2. The third-order valence-corrected chi connectivity index (χ3v) is 5.94. The van der Waals surface area contributed by atoms with E-state index in [1.807, 2.05) is 11.0 Å². The summed E-state index contributed by atoms with van der Waals surface area (Å²) in [6.07, 6.45) is 7.89. The number of halogens is 1. The zero-order chi connectivity index (χ0) is 29.4. The third kappa shape index (κ3) is 8.32. The van der Waals surface area contributed by atoms with Gasteiger partial charge >= 0.3 is 0 Å². The number of aromatic amines is 1. The Morgan fingerprint density at radius 2 is 2.00 bits per heavy atom. The van der Waals surface area contributed by atoms with Gasteiger partial charge in [-0.1, -0.05) is 33.3 Å². The molecule has 4 aromatic rings. The second-order valence-corrected chi connectivity index (χ2v) is 10.7. The number of nitrogens with zero attached hydrogens (tertiary/aromatic N) is 4. The van der Waals surface area contributed by atoms with Gasteiger partial charge in [0.25, 0.3) is 0 Å². The van der Waals surface area contributed by atoms with Crippen LogP contribution in [0.15, 0.2) is 48.8 Å². The van der Waals surface area contributed by atoms with E-state index in [1.54, 1.807) is 25.3 Å². The highest BCUT2D eigenvalue weighted by Crippen LogP contribution is 2.34. The van der Waals surface area contributed by atoms with Crippen LogP contribution in [-0.2, 0) is 11.2 Å². The lowest BCUT2D eigenvalue weighted by Gasteiger charge is -2.26. The number of amides is 1. The lowest BCUT2D eigenvalue weighted by atomic mass is 9.96. The predicted molar refractivity (Wildman–Crippen MR) is 157 cm³/mol. The topological polar surface area (TPSA) is 117 Å². The fraction of sp³-hybridized carbons (Fsp3) is 0.333. The number of carbonyl (C=O) groups excluding carboxylic acids is 1. The molecule has 3 N–H and O–H groups in total. The average Bonchev–Trinajstić information content (AvgIpc) is 3.35. The van der Waals surface area contributed by atoms with Crippen molar-refractivity contribution in [2.75, 3.05) is 37.4 Å². The fourth-order valence-corrected chi connectivity index (χ4v) is 4.22. The van der Waals surface area contributed by atoms with Gasteiger partial charge in [-0.3, -0.25) is 9.89 Å². The maximum atomic E-state index is 13.4. The number of carbonyl (C=O) groups is 1. The van der Waals surface area contributed by atoms with Crippen molar-refractivity contribution in [2.24, 2.45) is 5.41 Å². The standard InChI is InChI=1S/C30H34FN7O3/c1-6-38(18-30(2,3)4)11-8-12-41-26-17-24-23(16-25(26)40-5)29(33-19-32-24)35-27-14-22(36-37-27)15-28(39)34-21-10-7-9-20(31)13-21/h1,7,9-10,13-14,16-17,19H,8,11-12,15,18H2,2-5H3,(H,34,39)(H2,32,33,35,36,37). The summed E-state index contributed by atoms with van der Waals surface area (Å²) in [6, 6.07) is 13.8. The number of H-pyrrole nitrogens is 1. The Labute approximate surface area is 238 Å². The molecule has 0 aliphatic rings. The fourth-order valence-electron chi connectivity index (χ4n) is 4.22. The second-order valence-electron chi connectivity index (χ2n) is 10.7. The van der Waals surface area contributed by atoms with E-state index in [1.165, 1.54) is 24.5 Å². The third-order valence-electron chi connectivity index (χ3n) is 5.94. The van der Waals surface area contributed by atoms with Gasteiger partial charge in [-0.05, 0) is 36.1 Å². The van der Waals surface area contributed by atoms with Crippen molar-refractivity contribution in [2.45, 2.75) is 33.6 Å². The van der Waals surface area contributed by atoms with E-state index in [9.17, 15) is 9.18 Å². The number of aromatic nitrogens is 4. The highest BCUT2D eigenvalue weighted by Gasteiger charge is 2.16. The molecule has 0 fully saturated rings. The molecule has 2 aromatic carbocycles. The van der Waals surface area contributed by atoms with Crippen LogP contribution >= 0.6 is 0 Å². The van der Waals surface area contributed by atoms with Crippen LogP contribution in [0.5, 0.6) is 11.5 Å². The van der Waals surface area contributed by atoms with Gasteiger partial charge in [0.15, 0.2) is 17.3 Å². The van der Waals surface area contributed by atoms with Crippen LogP contribution in [0.4, 0.5) is 21.7 Å². The summed E-state index contributed by atoms with van der Waals surface area (Å²) in [4.78, 5) is 23.1. The number of rotatable bonds is 12. The van der Waals surface area contributed by atoms with Gasteiger partial charge in [0.1, 0.15) is 18.0 Å². The highest BCUT2D eigenvalue weighted by atomic mass is 19.1. The average molecular weight is 560 g/mol. The Bertz CT molecular complexity index is 1540. The van der Waals surface area contributed by atoms with Crippen LogP contribution < -0.4 is 20.1 Å². The number of hydrogen-bond acceptors (Lipinski definition) is 8. The van der Waals surface area contributed by atoms with Crippen molar-refractivity contribution in [3.05, 3.63) is 60.3 Å². The Balaban J connectivity index is 1.40. The Morgan fingerprint density at radius 3 is 2.73 bits per heavy atom. The molecule has 11 heteroatoms. The second kappa shape index (κ2) is 13.0. The summed E-state index contributed by atoms with van der Waals surface area (Å²) in [6.45, 7) is 8.44. The smallest absolute Gasteiger partial charge is 0.230 e. The van der Waals surface area contributed by atoms with Gasteiger partial charge in [-0.25, -0.2) is 14.4 Å². The molecule has 0 bridgehead atoms. The van der Waals surface area contributed by atoms with E-state index in [0.717, 1.165) is 19.5 Å². The highest BCUT2D eigenvalue weighted by molar-refractivity contribution is 5.93. The van der Waals surface area contributed by atoms with Crippen LogP contribution in [0.25, 0.3) is 10.9 Å².